The molecule has 0 unspecified atom stereocenters. The van der Waals surface area contributed by atoms with E-state index in [0.717, 1.165) is 18.9 Å². The molecule has 2 rings (SSSR count). The molecule has 20 heavy (non-hydrogen) atoms. The molecule has 0 aromatic carbocycles. The van der Waals surface area contributed by atoms with E-state index in [4.69, 9.17) is 5.73 Å². The minimum atomic E-state index is 0.387. The summed E-state index contributed by atoms with van der Waals surface area (Å²) in [7, 11) is 0. The van der Waals surface area contributed by atoms with Gasteiger partial charge in [-0.1, -0.05) is 20.8 Å². The first-order valence-electron chi connectivity index (χ1n) is 7.95. The molecule has 1 aromatic heterocycles. The van der Waals surface area contributed by atoms with Crippen molar-refractivity contribution in [3.8, 4) is 0 Å². The van der Waals surface area contributed by atoms with Crippen molar-refractivity contribution in [2.24, 2.45) is 22.5 Å². The Morgan fingerprint density at radius 3 is 2.45 bits per heavy atom. The Bertz CT molecular complexity index is 422. The molecule has 0 atom stereocenters. The van der Waals surface area contributed by atoms with Crippen LogP contribution in [0.2, 0.25) is 0 Å². The van der Waals surface area contributed by atoms with E-state index in [2.05, 4.69) is 32.7 Å². The quantitative estimate of drug-likeness (QED) is 0.883. The van der Waals surface area contributed by atoms with Crippen molar-refractivity contribution in [2.45, 2.75) is 66.2 Å². The number of rotatable bonds is 4. The minimum Gasteiger partial charge on any atom is -0.330 e. The molecule has 1 aromatic rings. The third-order valence-electron chi connectivity index (χ3n) is 5.43. The second kappa shape index (κ2) is 6.15. The summed E-state index contributed by atoms with van der Waals surface area (Å²) in [5.41, 5.74) is 10.2. The zero-order valence-electron chi connectivity index (χ0n) is 13.5. The predicted molar refractivity (Wildman–Crippen MR) is 88.1 cm³/mol. The first-order chi connectivity index (χ1) is 9.36. The molecular formula is C17H30N2S. The van der Waals surface area contributed by atoms with Gasteiger partial charge in [0.05, 0.1) is 11.2 Å². The molecule has 1 saturated carbocycles. The molecule has 0 aliphatic heterocycles. The van der Waals surface area contributed by atoms with E-state index in [-0.39, 0.29) is 0 Å². The molecule has 2 N–H and O–H groups in total. The fourth-order valence-corrected chi connectivity index (χ4v) is 4.38. The van der Waals surface area contributed by atoms with Crippen molar-refractivity contribution in [3.63, 3.8) is 0 Å². The Morgan fingerprint density at radius 1 is 1.35 bits per heavy atom. The van der Waals surface area contributed by atoms with Crippen LogP contribution in [-0.2, 0) is 6.42 Å². The van der Waals surface area contributed by atoms with Crippen molar-refractivity contribution < 1.29 is 0 Å². The van der Waals surface area contributed by atoms with Gasteiger partial charge >= 0.3 is 0 Å². The normalized spacial score (nSPS) is 27.8. The van der Waals surface area contributed by atoms with Gasteiger partial charge in [0.2, 0.25) is 0 Å². The van der Waals surface area contributed by atoms with Crippen LogP contribution >= 0.6 is 11.3 Å². The Labute approximate surface area is 128 Å². The first-order valence-corrected chi connectivity index (χ1v) is 8.83. The third kappa shape index (κ3) is 3.62. The molecule has 0 amide bonds. The van der Waals surface area contributed by atoms with Crippen molar-refractivity contribution in [3.05, 3.63) is 16.1 Å². The summed E-state index contributed by atoms with van der Waals surface area (Å²) in [6, 6.07) is 0. The van der Waals surface area contributed by atoms with Gasteiger partial charge in [-0.3, -0.25) is 0 Å². The van der Waals surface area contributed by atoms with Crippen LogP contribution in [0.5, 0.6) is 0 Å². The highest BCUT2D eigenvalue weighted by Crippen LogP contribution is 2.47. The number of nitrogens with zero attached hydrogens (tertiary/aromatic N) is 1. The van der Waals surface area contributed by atoms with Gasteiger partial charge in [0, 0.05) is 4.88 Å². The van der Waals surface area contributed by atoms with Gasteiger partial charge in [-0.15, -0.1) is 11.3 Å². The predicted octanol–water partition coefficient (Wildman–Crippen LogP) is 4.57. The monoisotopic (exact) mass is 294 g/mol. The average Bonchev–Trinajstić information content (AvgIpc) is 2.81. The zero-order chi connectivity index (χ0) is 14.8. The van der Waals surface area contributed by atoms with Crippen LogP contribution < -0.4 is 5.73 Å². The van der Waals surface area contributed by atoms with E-state index in [1.54, 1.807) is 11.3 Å². The van der Waals surface area contributed by atoms with E-state index < -0.39 is 0 Å². The van der Waals surface area contributed by atoms with Crippen LogP contribution in [0.1, 0.15) is 63.4 Å². The summed E-state index contributed by atoms with van der Waals surface area (Å²) in [4.78, 5) is 5.81. The summed E-state index contributed by atoms with van der Waals surface area (Å²) >= 11 is 1.80. The summed E-state index contributed by atoms with van der Waals surface area (Å²) < 4.78 is 0. The average molecular weight is 295 g/mol. The van der Waals surface area contributed by atoms with Crippen molar-refractivity contribution in [1.82, 2.24) is 4.98 Å². The van der Waals surface area contributed by atoms with Crippen molar-refractivity contribution in [2.75, 3.05) is 6.54 Å². The van der Waals surface area contributed by atoms with Crippen molar-refractivity contribution in [1.29, 1.82) is 0 Å². The standard InChI is InChI=1S/C17H30N2S/c1-13-15(20-12-19-13)7-10-17(11-18)8-5-14(6-9-17)16(2,3)4/h12,14H,5-11,18H2,1-4H3. The van der Waals surface area contributed by atoms with Gasteiger partial charge in [-0.25, -0.2) is 4.98 Å². The van der Waals surface area contributed by atoms with Crippen LogP contribution in [0.4, 0.5) is 0 Å². The van der Waals surface area contributed by atoms with Crippen LogP contribution in [0.15, 0.2) is 5.51 Å². The second-order valence-electron chi connectivity index (χ2n) is 7.71. The highest BCUT2D eigenvalue weighted by atomic mass is 32.1. The topological polar surface area (TPSA) is 38.9 Å². The molecule has 0 radical (unpaired) electrons. The fraction of sp³-hybridized carbons (Fsp3) is 0.824. The second-order valence-corrected chi connectivity index (χ2v) is 8.64. The van der Waals surface area contributed by atoms with Crippen LogP contribution in [0, 0.1) is 23.7 Å². The maximum atomic E-state index is 6.16. The first kappa shape index (κ1) is 16.0. The van der Waals surface area contributed by atoms with Crippen LogP contribution in [0.3, 0.4) is 0 Å². The van der Waals surface area contributed by atoms with Gasteiger partial charge in [0.15, 0.2) is 0 Å². The Hall–Kier alpha value is -0.410. The highest BCUT2D eigenvalue weighted by molar-refractivity contribution is 7.09. The van der Waals surface area contributed by atoms with Gasteiger partial charge < -0.3 is 5.73 Å². The SMILES string of the molecule is Cc1ncsc1CCC1(CN)CCC(C(C)(C)C)CC1. The maximum absolute atomic E-state index is 6.16. The number of thiazole rings is 1. The minimum absolute atomic E-state index is 0.387. The Kier molecular flexibility index (Phi) is 4.91. The van der Waals surface area contributed by atoms with E-state index in [1.165, 1.54) is 42.7 Å². The van der Waals surface area contributed by atoms with E-state index in [0.29, 0.717) is 10.8 Å². The zero-order valence-corrected chi connectivity index (χ0v) is 14.4. The number of nitrogens with two attached hydrogens (primary N) is 1. The molecule has 114 valence electrons. The molecular weight excluding hydrogens is 264 g/mol. The lowest BCUT2D eigenvalue weighted by molar-refractivity contribution is 0.0865. The smallest absolute Gasteiger partial charge is 0.0797 e. The van der Waals surface area contributed by atoms with E-state index >= 15 is 0 Å². The van der Waals surface area contributed by atoms with Gasteiger partial charge in [-0.05, 0) is 68.7 Å². The summed E-state index contributed by atoms with van der Waals surface area (Å²) in [6.45, 7) is 10.1. The fourth-order valence-electron chi connectivity index (χ4n) is 3.60. The third-order valence-corrected chi connectivity index (χ3v) is 6.43. The lowest BCUT2D eigenvalue weighted by Gasteiger charge is -2.44. The molecule has 2 nitrogen and oxygen atoms in total. The summed E-state index contributed by atoms with van der Waals surface area (Å²) in [5, 5.41) is 0. The Balaban J connectivity index is 1.93. The number of aromatic nitrogens is 1. The number of hydrogen-bond donors (Lipinski definition) is 1. The largest absolute Gasteiger partial charge is 0.330 e. The highest BCUT2D eigenvalue weighted by Gasteiger charge is 2.37. The Morgan fingerprint density at radius 2 is 2.00 bits per heavy atom. The van der Waals surface area contributed by atoms with Gasteiger partial charge in [0.25, 0.3) is 0 Å². The molecule has 0 bridgehead atoms. The van der Waals surface area contributed by atoms with E-state index in [1.807, 2.05) is 5.51 Å². The van der Waals surface area contributed by atoms with Crippen LogP contribution in [0.25, 0.3) is 0 Å². The molecule has 1 aliphatic rings. The van der Waals surface area contributed by atoms with E-state index in [9.17, 15) is 0 Å². The van der Waals surface area contributed by atoms with Gasteiger partial charge in [0.1, 0.15) is 0 Å². The summed E-state index contributed by atoms with van der Waals surface area (Å²) in [5.74, 6) is 0.868. The maximum Gasteiger partial charge on any atom is 0.0797 e. The molecule has 3 heteroatoms. The van der Waals surface area contributed by atoms with Crippen LogP contribution in [-0.4, -0.2) is 11.5 Å². The molecule has 1 heterocycles. The van der Waals surface area contributed by atoms with Gasteiger partial charge in [-0.2, -0.15) is 0 Å². The molecule has 1 aliphatic carbocycles. The molecule has 0 saturated heterocycles. The number of aryl methyl sites for hydroxylation is 2. The number of hydrogen-bond acceptors (Lipinski definition) is 3. The summed E-state index contributed by atoms with van der Waals surface area (Å²) in [6.07, 6.45) is 7.72. The lowest BCUT2D eigenvalue weighted by atomic mass is 9.62. The lowest BCUT2D eigenvalue weighted by Crippen LogP contribution is -2.38. The molecule has 1 fully saturated rings. The van der Waals surface area contributed by atoms with Crippen molar-refractivity contribution >= 4 is 11.3 Å². The molecule has 0 spiro atoms.